The number of aryl methyl sites for hydroxylation is 1. The SMILES string of the molecule is CCN(CC)c1ccc(CN(C(=O)c2nc(C)sc2-c2ccccc2)c2ccccn2)cc1. The second-order valence-corrected chi connectivity index (χ2v) is 8.90. The number of hydrogen-bond donors (Lipinski definition) is 0. The van der Waals surface area contributed by atoms with Crippen molar-refractivity contribution in [3.05, 3.63) is 95.3 Å². The van der Waals surface area contributed by atoms with Gasteiger partial charge in [-0.1, -0.05) is 48.5 Å². The summed E-state index contributed by atoms with van der Waals surface area (Å²) in [5.41, 5.74) is 3.68. The van der Waals surface area contributed by atoms with Gasteiger partial charge < -0.3 is 4.90 Å². The molecule has 0 bridgehead atoms. The maximum atomic E-state index is 13.8. The highest BCUT2D eigenvalue weighted by Crippen LogP contribution is 2.32. The predicted molar refractivity (Wildman–Crippen MR) is 137 cm³/mol. The lowest BCUT2D eigenvalue weighted by atomic mass is 10.1. The summed E-state index contributed by atoms with van der Waals surface area (Å²) in [5.74, 6) is 0.463. The summed E-state index contributed by atoms with van der Waals surface area (Å²) in [4.78, 5) is 27.9. The number of anilines is 2. The van der Waals surface area contributed by atoms with Crippen LogP contribution in [-0.2, 0) is 6.54 Å². The Labute approximate surface area is 199 Å². The van der Waals surface area contributed by atoms with Crippen molar-refractivity contribution >= 4 is 28.7 Å². The first kappa shape index (κ1) is 22.7. The van der Waals surface area contributed by atoms with Crippen molar-refractivity contribution < 1.29 is 4.79 Å². The van der Waals surface area contributed by atoms with Crippen LogP contribution in [0.3, 0.4) is 0 Å². The summed E-state index contributed by atoms with van der Waals surface area (Å²) in [6.07, 6.45) is 1.71. The molecule has 0 aliphatic heterocycles. The monoisotopic (exact) mass is 456 g/mol. The summed E-state index contributed by atoms with van der Waals surface area (Å²) in [6.45, 7) is 8.57. The van der Waals surface area contributed by atoms with Gasteiger partial charge in [-0.2, -0.15) is 0 Å². The van der Waals surface area contributed by atoms with Crippen LogP contribution in [0.5, 0.6) is 0 Å². The smallest absolute Gasteiger partial charge is 0.279 e. The van der Waals surface area contributed by atoms with Crippen LogP contribution >= 0.6 is 11.3 Å². The van der Waals surface area contributed by atoms with E-state index < -0.39 is 0 Å². The normalized spacial score (nSPS) is 10.8. The van der Waals surface area contributed by atoms with Crippen LogP contribution in [-0.4, -0.2) is 29.0 Å². The molecule has 0 spiro atoms. The molecule has 0 saturated heterocycles. The van der Waals surface area contributed by atoms with Gasteiger partial charge in [0.05, 0.1) is 16.4 Å². The van der Waals surface area contributed by atoms with Crippen LogP contribution < -0.4 is 9.80 Å². The van der Waals surface area contributed by atoms with Crippen LogP contribution in [0.2, 0.25) is 0 Å². The molecule has 2 aromatic heterocycles. The van der Waals surface area contributed by atoms with Gasteiger partial charge in [0.25, 0.3) is 5.91 Å². The Balaban J connectivity index is 1.69. The number of nitrogens with zero attached hydrogens (tertiary/aromatic N) is 4. The molecule has 0 atom stereocenters. The van der Waals surface area contributed by atoms with Crippen molar-refractivity contribution in [2.24, 2.45) is 0 Å². The molecule has 6 heteroatoms. The summed E-state index contributed by atoms with van der Waals surface area (Å²) in [6, 6.07) is 24.0. The van der Waals surface area contributed by atoms with Crippen LogP contribution in [0, 0.1) is 6.92 Å². The van der Waals surface area contributed by atoms with Gasteiger partial charge in [0, 0.05) is 25.0 Å². The Hall–Kier alpha value is -3.51. The number of benzene rings is 2. The molecular formula is C27H28N4OS. The predicted octanol–water partition coefficient (Wildman–Crippen LogP) is 6.21. The standard InChI is InChI=1S/C27H28N4OS/c1-4-30(5-2)23-16-14-21(15-17-23)19-31(24-13-9-10-18-28-24)27(32)25-26(33-20(3)29-25)22-11-7-6-8-12-22/h6-18H,4-5,19H2,1-3H3. The minimum atomic E-state index is -0.148. The van der Waals surface area contributed by atoms with Crippen LogP contribution in [0.15, 0.2) is 79.0 Å². The van der Waals surface area contributed by atoms with E-state index in [1.165, 1.54) is 5.69 Å². The number of carbonyl (C=O) groups is 1. The fourth-order valence-electron chi connectivity index (χ4n) is 3.84. The minimum absolute atomic E-state index is 0.148. The summed E-state index contributed by atoms with van der Waals surface area (Å²) >= 11 is 1.54. The van der Waals surface area contributed by atoms with Crippen molar-refractivity contribution in [1.82, 2.24) is 9.97 Å². The number of pyridine rings is 1. The number of carbonyl (C=O) groups excluding carboxylic acids is 1. The van der Waals surface area contributed by atoms with E-state index in [0.717, 1.165) is 34.1 Å². The molecule has 168 valence electrons. The van der Waals surface area contributed by atoms with Crippen LogP contribution in [0.25, 0.3) is 10.4 Å². The second-order valence-electron chi connectivity index (χ2n) is 7.69. The van der Waals surface area contributed by atoms with Gasteiger partial charge in [-0.3, -0.25) is 9.69 Å². The zero-order valence-corrected chi connectivity index (χ0v) is 20.0. The molecule has 0 aliphatic carbocycles. The van der Waals surface area contributed by atoms with Crippen molar-refractivity contribution in [3.63, 3.8) is 0 Å². The molecule has 2 heterocycles. The van der Waals surface area contributed by atoms with E-state index in [1.807, 2.05) is 55.5 Å². The molecule has 0 aliphatic rings. The maximum Gasteiger partial charge on any atom is 0.279 e. The molecule has 4 aromatic rings. The molecule has 5 nitrogen and oxygen atoms in total. The zero-order valence-electron chi connectivity index (χ0n) is 19.2. The van der Waals surface area contributed by atoms with Gasteiger partial charge in [0.2, 0.25) is 0 Å². The van der Waals surface area contributed by atoms with E-state index >= 15 is 0 Å². The van der Waals surface area contributed by atoms with Crippen molar-refractivity contribution in [2.45, 2.75) is 27.3 Å². The number of hydrogen-bond acceptors (Lipinski definition) is 5. The number of amides is 1. The molecule has 0 radical (unpaired) electrons. The van der Waals surface area contributed by atoms with E-state index in [1.54, 1.807) is 22.4 Å². The lowest BCUT2D eigenvalue weighted by molar-refractivity contribution is 0.0980. The van der Waals surface area contributed by atoms with Gasteiger partial charge in [-0.25, -0.2) is 9.97 Å². The molecule has 4 rings (SSSR count). The fraction of sp³-hybridized carbons (Fsp3) is 0.222. The van der Waals surface area contributed by atoms with E-state index in [-0.39, 0.29) is 5.91 Å². The highest BCUT2D eigenvalue weighted by Gasteiger charge is 2.25. The molecule has 1 amide bonds. The molecule has 33 heavy (non-hydrogen) atoms. The van der Waals surface area contributed by atoms with Gasteiger partial charge in [-0.05, 0) is 56.2 Å². The lowest BCUT2D eigenvalue weighted by Crippen LogP contribution is -2.32. The quantitative estimate of drug-likeness (QED) is 0.316. The van der Waals surface area contributed by atoms with E-state index in [4.69, 9.17) is 0 Å². The fourth-order valence-corrected chi connectivity index (χ4v) is 4.75. The largest absolute Gasteiger partial charge is 0.372 e. The van der Waals surface area contributed by atoms with Gasteiger partial charge in [-0.15, -0.1) is 11.3 Å². The first-order valence-electron chi connectivity index (χ1n) is 11.2. The molecular weight excluding hydrogens is 428 g/mol. The Morgan fingerprint density at radius 3 is 2.24 bits per heavy atom. The molecule has 0 saturated carbocycles. The van der Waals surface area contributed by atoms with Crippen molar-refractivity contribution in [2.75, 3.05) is 22.9 Å². The Kier molecular flexibility index (Phi) is 7.15. The summed E-state index contributed by atoms with van der Waals surface area (Å²) < 4.78 is 0. The van der Waals surface area contributed by atoms with Crippen molar-refractivity contribution in [1.29, 1.82) is 0 Å². The topological polar surface area (TPSA) is 49.3 Å². The molecule has 0 fully saturated rings. The first-order chi connectivity index (χ1) is 16.1. The van der Waals surface area contributed by atoms with Gasteiger partial charge >= 0.3 is 0 Å². The lowest BCUT2D eigenvalue weighted by Gasteiger charge is -2.23. The molecule has 2 aromatic carbocycles. The average molecular weight is 457 g/mol. The Morgan fingerprint density at radius 1 is 0.909 bits per heavy atom. The number of thiazole rings is 1. The molecule has 0 N–H and O–H groups in total. The Morgan fingerprint density at radius 2 is 1.61 bits per heavy atom. The average Bonchev–Trinajstić information content (AvgIpc) is 3.26. The van der Waals surface area contributed by atoms with Gasteiger partial charge in [0.15, 0.2) is 0 Å². The third-order valence-corrected chi connectivity index (χ3v) is 6.57. The number of aromatic nitrogens is 2. The third kappa shape index (κ3) is 5.12. The first-order valence-corrected chi connectivity index (χ1v) is 12.0. The highest BCUT2D eigenvalue weighted by molar-refractivity contribution is 7.15. The summed E-state index contributed by atoms with van der Waals surface area (Å²) in [7, 11) is 0. The third-order valence-electron chi connectivity index (χ3n) is 5.55. The second kappa shape index (κ2) is 10.4. The van der Waals surface area contributed by atoms with E-state index in [0.29, 0.717) is 18.1 Å². The van der Waals surface area contributed by atoms with Crippen molar-refractivity contribution in [3.8, 4) is 10.4 Å². The number of rotatable bonds is 8. The maximum absolute atomic E-state index is 13.8. The van der Waals surface area contributed by atoms with Gasteiger partial charge in [0.1, 0.15) is 11.5 Å². The minimum Gasteiger partial charge on any atom is -0.372 e. The molecule has 0 unspecified atom stereocenters. The zero-order chi connectivity index (χ0) is 23.2. The van der Waals surface area contributed by atoms with E-state index in [2.05, 4.69) is 53.0 Å². The van der Waals surface area contributed by atoms with E-state index in [9.17, 15) is 4.79 Å². The van der Waals surface area contributed by atoms with Crippen LogP contribution in [0.4, 0.5) is 11.5 Å². The van der Waals surface area contributed by atoms with Crippen LogP contribution in [0.1, 0.15) is 34.9 Å². The Bertz CT molecular complexity index is 1190. The highest BCUT2D eigenvalue weighted by atomic mass is 32.1. The summed E-state index contributed by atoms with van der Waals surface area (Å²) in [5, 5.41) is 0.863.